The van der Waals surface area contributed by atoms with Crippen LogP contribution in [0.25, 0.3) is 0 Å². The van der Waals surface area contributed by atoms with Crippen LogP contribution in [0.3, 0.4) is 0 Å². The lowest BCUT2D eigenvalue weighted by atomic mass is 9.91. The summed E-state index contributed by atoms with van der Waals surface area (Å²) in [6, 6.07) is 36.7. The van der Waals surface area contributed by atoms with Gasteiger partial charge in [0.2, 0.25) is 5.91 Å². The van der Waals surface area contributed by atoms with E-state index in [4.69, 9.17) is 32.4 Å². The van der Waals surface area contributed by atoms with Gasteiger partial charge in [-0.3, -0.25) is 4.79 Å². The Morgan fingerprint density at radius 2 is 1.50 bits per heavy atom. The zero-order valence-electron chi connectivity index (χ0n) is 27.0. The van der Waals surface area contributed by atoms with E-state index in [1.807, 2.05) is 65.2 Å². The zero-order valence-corrected chi connectivity index (χ0v) is 30.3. The monoisotopic (exact) mass is 691 g/mol. The molecule has 0 aromatic heterocycles. The van der Waals surface area contributed by atoms with Gasteiger partial charge < -0.3 is 14.1 Å². The molecule has 46 heavy (non-hydrogen) atoms. The summed E-state index contributed by atoms with van der Waals surface area (Å²) in [5.74, 6) is 1.61. The van der Waals surface area contributed by atoms with Crippen molar-refractivity contribution in [2.75, 3.05) is 24.7 Å². The molecule has 5 rings (SSSR count). The van der Waals surface area contributed by atoms with E-state index in [9.17, 15) is 4.79 Å². The Hall–Kier alpha value is -2.58. The van der Waals surface area contributed by atoms with Crippen molar-refractivity contribution in [2.45, 2.75) is 57.3 Å². The number of thioether (sulfide) groups is 1. The fourth-order valence-corrected chi connectivity index (χ4v) is 12.7. The molecular formula is C38H43Cl2NO3SSi. The number of nitrogens with zero attached hydrogens (tertiary/aromatic N) is 1. The molecule has 1 fully saturated rings. The number of carbonyl (C=O) groups is 1. The first-order valence-corrected chi connectivity index (χ1v) is 19.7. The summed E-state index contributed by atoms with van der Waals surface area (Å²) in [6.45, 7) is 9.71. The van der Waals surface area contributed by atoms with E-state index in [0.29, 0.717) is 16.7 Å². The number of morpholine rings is 1. The first-order valence-electron chi connectivity index (χ1n) is 15.9. The summed E-state index contributed by atoms with van der Waals surface area (Å²) in [5, 5.41) is 3.78. The largest absolute Gasteiger partial charge is 0.407 e. The summed E-state index contributed by atoms with van der Waals surface area (Å²) in [5.41, 5.74) is 1.94. The van der Waals surface area contributed by atoms with Gasteiger partial charge in [-0.15, -0.1) is 0 Å². The number of hydrogen-bond acceptors (Lipinski definition) is 4. The maximum Gasteiger partial charge on any atom is 0.261 e. The average Bonchev–Trinajstić information content (AvgIpc) is 3.05. The van der Waals surface area contributed by atoms with Gasteiger partial charge in [0.15, 0.2) is 0 Å². The highest BCUT2D eigenvalue weighted by atomic mass is 35.5. The predicted molar refractivity (Wildman–Crippen MR) is 196 cm³/mol. The SMILES string of the molecule is CCC(CSCCO[Si](c1ccccc1)(c1ccccc1)C(C)(C)C)N1C(=O)COC(c2cccc(Cl)c2)C1c1ccc(Cl)cc1. The second-order valence-electron chi connectivity index (χ2n) is 12.7. The van der Waals surface area contributed by atoms with E-state index in [2.05, 4.69) is 88.4 Å². The predicted octanol–water partition coefficient (Wildman–Crippen LogP) is 8.72. The lowest BCUT2D eigenvalue weighted by Crippen LogP contribution is -2.66. The molecule has 242 valence electrons. The summed E-state index contributed by atoms with van der Waals surface area (Å²) in [7, 11) is -2.61. The van der Waals surface area contributed by atoms with Crippen LogP contribution in [0, 0.1) is 0 Å². The number of ether oxygens (including phenoxy) is 1. The maximum atomic E-state index is 13.7. The molecule has 0 saturated carbocycles. The van der Waals surface area contributed by atoms with Gasteiger partial charge >= 0.3 is 0 Å². The second kappa shape index (κ2) is 15.5. The number of benzene rings is 4. The third kappa shape index (κ3) is 7.59. The van der Waals surface area contributed by atoms with E-state index < -0.39 is 8.32 Å². The molecule has 0 aliphatic carbocycles. The summed E-state index contributed by atoms with van der Waals surface area (Å²) < 4.78 is 13.4. The molecule has 1 aliphatic heterocycles. The van der Waals surface area contributed by atoms with Crippen LogP contribution in [0.2, 0.25) is 15.1 Å². The Labute approximate surface area is 289 Å². The standard InChI is InChI=1S/C38H43Cl2NO3SSi/c1-5-32(27-45-24-23-44-46(38(2,3)4,33-15-8-6-9-16-33)34-17-10-7-11-18-34)41-35(42)26-43-37(29-13-12-14-31(40)25-29)36(41)28-19-21-30(39)22-20-28/h6-22,25,32,36-37H,5,23-24,26-27H2,1-4H3. The van der Waals surface area contributed by atoms with Crippen molar-refractivity contribution in [2.24, 2.45) is 0 Å². The molecule has 1 aliphatic rings. The quantitative estimate of drug-likeness (QED) is 0.110. The van der Waals surface area contributed by atoms with Gasteiger partial charge in [-0.2, -0.15) is 11.8 Å². The summed E-state index contributed by atoms with van der Waals surface area (Å²) in [4.78, 5) is 15.7. The van der Waals surface area contributed by atoms with Crippen LogP contribution in [0.4, 0.5) is 0 Å². The van der Waals surface area contributed by atoms with Crippen molar-refractivity contribution in [1.82, 2.24) is 4.90 Å². The fraction of sp³-hybridized carbons (Fsp3) is 0.342. The van der Waals surface area contributed by atoms with Crippen LogP contribution in [0.1, 0.15) is 57.4 Å². The zero-order chi connectivity index (χ0) is 32.7. The molecule has 4 nitrogen and oxygen atoms in total. The van der Waals surface area contributed by atoms with Gasteiger partial charge in [0.25, 0.3) is 8.32 Å². The molecule has 1 amide bonds. The number of carbonyl (C=O) groups excluding carboxylic acids is 1. The molecule has 1 saturated heterocycles. The van der Waals surface area contributed by atoms with E-state index in [-0.39, 0.29) is 35.7 Å². The molecule has 0 bridgehead atoms. The topological polar surface area (TPSA) is 38.8 Å². The smallest absolute Gasteiger partial charge is 0.261 e. The van der Waals surface area contributed by atoms with Crippen LogP contribution in [0.5, 0.6) is 0 Å². The third-order valence-corrected chi connectivity index (χ3v) is 15.4. The average molecular weight is 693 g/mol. The second-order valence-corrected chi connectivity index (χ2v) is 19.1. The van der Waals surface area contributed by atoms with Crippen LogP contribution in [-0.4, -0.2) is 49.9 Å². The van der Waals surface area contributed by atoms with Gasteiger partial charge in [0.05, 0.1) is 6.04 Å². The molecule has 4 aromatic rings. The Morgan fingerprint density at radius 1 is 0.870 bits per heavy atom. The highest BCUT2D eigenvalue weighted by molar-refractivity contribution is 7.99. The van der Waals surface area contributed by atoms with Crippen LogP contribution in [-0.2, 0) is 14.0 Å². The Bertz CT molecular complexity index is 1530. The van der Waals surface area contributed by atoms with E-state index in [1.54, 1.807) is 0 Å². The van der Waals surface area contributed by atoms with Gasteiger partial charge in [-0.1, -0.05) is 136 Å². The molecule has 0 N–H and O–H groups in total. The van der Waals surface area contributed by atoms with E-state index in [0.717, 1.165) is 29.1 Å². The Morgan fingerprint density at radius 3 is 2.07 bits per heavy atom. The summed E-state index contributed by atoms with van der Waals surface area (Å²) >= 11 is 14.5. The van der Waals surface area contributed by atoms with Gasteiger partial charge in [-0.05, 0) is 57.2 Å². The molecule has 1 heterocycles. The molecule has 4 aromatic carbocycles. The Balaban J connectivity index is 1.36. The normalized spacial score (nSPS) is 18.0. The van der Waals surface area contributed by atoms with Crippen LogP contribution < -0.4 is 10.4 Å². The number of hydrogen-bond donors (Lipinski definition) is 0. The van der Waals surface area contributed by atoms with Gasteiger partial charge in [0, 0.05) is 34.2 Å². The summed E-state index contributed by atoms with van der Waals surface area (Å²) in [6.07, 6.45) is 0.468. The minimum atomic E-state index is -2.61. The van der Waals surface area contributed by atoms with Crippen LogP contribution >= 0.6 is 35.0 Å². The minimum absolute atomic E-state index is 0.00533. The van der Waals surface area contributed by atoms with Gasteiger partial charge in [-0.25, -0.2) is 0 Å². The number of rotatable bonds is 12. The molecule has 0 spiro atoms. The first kappa shape index (κ1) is 34.7. The lowest BCUT2D eigenvalue weighted by Gasteiger charge is -2.45. The highest BCUT2D eigenvalue weighted by Crippen LogP contribution is 2.43. The molecular weight excluding hydrogens is 649 g/mol. The lowest BCUT2D eigenvalue weighted by molar-refractivity contribution is -0.162. The van der Waals surface area contributed by atoms with Crippen molar-refractivity contribution < 1.29 is 14.0 Å². The van der Waals surface area contributed by atoms with Crippen molar-refractivity contribution in [3.8, 4) is 0 Å². The van der Waals surface area contributed by atoms with Gasteiger partial charge in [0.1, 0.15) is 12.7 Å². The van der Waals surface area contributed by atoms with Crippen molar-refractivity contribution in [3.05, 3.63) is 130 Å². The van der Waals surface area contributed by atoms with Crippen molar-refractivity contribution >= 4 is 59.6 Å². The molecule has 0 radical (unpaired) electrons. The maximum absolute atomic E-state index is 13.7. The van der Waals surface area contributed by atoms with Crippen molar-refractivity contribution in [1.29, 1.82) is 0 Å². The molecule has 8 heteroatoms. The molecule has 3 atom stereocenters. The number of amides is 1. The fourth-order valence-electron chi connectivity index (χ4n) is 6.65. The number of halogens is 2. The van der Waals surface area contributed by atoms with Crippen molar-refractivity contribution in [3.63, 3.8) is 0 Å². The molecule has 3 unspecified atom stereocenters. The Kier molecular flexibility index (Phi) is 11.7. The van der Waals surface area contributed by atoms with E-state index in [1.165, 1.54) is 10.4 Å². The van der Waals surface area contributed by atoms with Crippen LogP contribution in [0.15, 0.2) is 109 Å². The third-order valence-electron chi connectivity index (χ3n) is 8.79. The first-order chi connectivity index (χ1) is 22.2. The minimum Gasteiger partial charge on any atom is -0.407 e. The highest BCUT2D eigenvalue weighted by Gasteiger charge is 2.50. The van der Waals surface area contributed by atoms with E-state index >= 15 is 0 Å².